The standard InChI is InChI=1S/C14H18N2O3/c1-11(10-17)16(2)14(18)9-12-4-3-5-13(8-12)19-7-6-15/h3-5,8,11,17H,7,9-10H2,1-2H3. The van der Waals surface area contributed by atoms with Crippen molar-refractivity contribution in [2.24, 2.45) is 0 Å². The van der Waals surface area contributed by atoms with E-state index in [0.717, 1.165) is 5.56 Å². The van der Waals surface area contributed by atoms with Gasteiger partial charge in [0.2, 0.25) is 5.91 Å². The highest BCUT2D eigenvalue weighted by Crippen LogP contribution is 2.14. The first-order valence-corrected chi connectivity index (χ1v) is 6.03. The monoisotopic (exact) mass is 262 g/mol. The van der Waals surface area contributed by atoms with Gasteiger partial charge in [0, 0.05) is 7.05 Å². The van der Waals surface area contributed by atoms with Crippen molar-refractivity contribution in [1.29, 1.82) is 5.26 Å². The molecule has 0 saturated carbocycles. The maximum absolute atomic E-state index is 12.0. The van der Waals surface area contributed by atoms with Crippen molar-refractivity contribution in [3.05, 3.63) is 29.8 Å². The minimum Gasteiger partial charge on any atom is -0.479 e. The highest BCUT2D eigenvalue weighted by Gasteiger charge is 2.15. The van der Waals surface area contributed by atoms with E-state index in [1.807, 2.05) is 12.1 Å². The lowest BCUT2D eigenvalue weighted by atomic mass is 10.1. The molecule has 1 aromatic carbocycles. The summed E-state index contributed by atoms with van der Waals surface area (Å²) in [6, 6.07) is 8.78. The number of rotatable bonds is 6. The zero-order valence-corrected chi connectivity index (χ0v) is 11.2. The Morgan fingerprint density at radius 3 is 2.95 bits per heavy atom. The van der Waals surface area contributed by atoms with Crippen LogP contribution in [0, 0.1) is 11.3 Å². The summed E-state index contributed by atoms with van der Waals surface area (Å²) in [6.07, 6.45) is 0.241. The van der Waals surface area contributed by atoms with Crippen molar-refractivity contribution < 1.29 is 14.6 Å². The van der Waals surface area contributed by atoms with Crippen LogP contribution < -0.4 is 4.74 Å². The van der Waals surface area contributed by atoms with Gasteiger partial charge in [-0.15, -0.1) is 0 Å². The normalized spacial score (nSPS) is 11.5. The van der Waals surface area contributed by atoms with E-state index in [4.69, 9.17) is 15.1 Å². The van der Waals surface area contributed by atoms with Crippen molar-refractivity contribution in [2.75, 3.05) is 20.3 Å². The summed E-state index contributed by atoms with van der Waals surface area (Å²) < 4.78 is 5.18. The van der Waals surface area contributed by atoms with Gasteiger partial charge in [0.05, 0.1) is 19.1 Å². The summed E-state index contributed by atoms with van der Waals surface area (Å²) in [5, 5.41) is 17.5. The lowest BCUT2D eigenvalue weighted by molar-refractivity contribution is -0.131. The predicted molar refractivity (Wildman–Crippen MR) is 70.6 cm³/mol. The Hall–Kier alpha value is -2.06. The van der Waals surface area contributed by atoms with E-state index in [1.54, 1.807) is 32.2 Å². The number of ether oxygens (including phenoxy) is 1. The molecule has 1 unspecified atom stereocenters. The second kappa shape index (κ2) is 7.39. The molecule has 5 nitrogen and oxygen atoms in total. The topological polar surface area (TPSA) is 73.6 Å². The van der Waals surface area contributed by atoms with Crippen molar-refractivity contribution >= 4 is 5.91 Å². The first kappa shape index (κ1) is 15.0. The molecule has 1 amide bonds. The summed E-state index contributed by atoms with van der Waals surface area (Å²) in [7, 11) is 1.67. The third-order valence-corrected chi connectivity index (χ3v) is 2.88. The number of likely N-dealkylation sites (N-methyl/N-ethyl adjacent to an activating group) is 1. The van der Waals surface area contributed by atoms with E-state index in [2.05, 4.69) is 0 Å². The molecule has 102 valence electrons. The van der Waals surface area contributed by atoms with E-state index >= 15 is 0 Å². The van der Waals surface area contributed by atoms with Crippen LogP contribution in [0.25, 0.3) is 0 Å². The Morgan fingerprint density at radius 1 is 1.58 bits per heavy atom. The number of aliphatic hydroxyl groups excluding tert-OH is 1. The van der Waals surface area contributed by atoms with Gasteiger partial charge in [-0.05, 0) is 24.6 Å². The molecule has 1 N–H and O–H groups in total. The van der Waals surface area contributed by atoms with Crippen LogP contribution in [-0.2, 0) is 11.2 Å². The molecule has 0 heterocycles. The summed E-state index contributed by atoms with van der Waals surface area (Å²) in [6.45, 7) is 1.71. The number of carbonyl (C=O) groups excluding carboxylic acids is 1. The maximum Gasteiger partial charge on any atom is 0.227 e. The van der Waals surface area contributed by atoms with Gasteiger partial charge in [0.15, 0.2) is 6.61 Å². The van der Waals surface area contributed by atoms with Crippen LogP contribution in [0.2, 0.25) is 0 Å². The van der Waals surface area contributed by atoms with Crippen LogP contribution in [0.15, 0.2) is 24.3 Å². The minimum absolute atomic E-state index is 0.0150. The first-order valence-electron chi connectivity index (χ1n) is 6.03. The number of benzene rings is 1. The number of nitrogens with zero attached hydrogens (tertiary/aromatic N) is 2. The molecule has 0 fully saturated rings. The molecule has 0 radical (unpaired) electrons. The van der Waals surface area contributed by atoms with E-state index < -0.39 is 0 Å². The zero-order chi connectivity index (χ0) is 14.3. The van der Waals surface area contributed by atoms with Gasteiger partial charge >= 0.3 is 0 Å². The molecule has 5 heteroatoms. The van der Waals surface area contributed by atoms with Gasteiger partial charge in [-0.25, -0.2) is 0 Å². The molecule has 1 rings (SSSR count). The van der Waals surface area contributed by atoms with Gasteiger partial charge in [0.25, 0.3) is 0 Å². The molecule has 1 atom stereocenters. The molecule has 0 aliphatic carbocycles. The quantitative estimate of drug-likeness (QED) is 0.829. The average molecular weight is 262 g/mol. The molecule has 0 aromatic heterocycles. The van der Waals surface area contributed by atoms with Crippen molar-refractivity contribution in [3.8, 4) is 11.8 Å². The van der Waals surface area contributed by atoms with E-state index in [1.165, 1.54) is 4.90 Å². The van der Waals surface area contributed by atoms with Crippen molar-refractivity contribution in [3.63, 3.8) is 0 Å². The Bertz CT molecular complexity index is 468. The lowest BCUT2D eigenvalue weighted by Crippen LogP contribution is -2.38. The molecule has 0 aliphatic rings. The Labute approximate surface area is 113 Å². The highest BCUT2D eigenvalue weighted by molar-refractivity contribution is 5.78. The van der Waals surface area contributed by atoms with Crippen molar-refractivity contribution in [1.82, 2.24) is 4.90 Å². The molecule has 1 aromatic rings. The van der Waals surface area contributed by atoms with Gasteiger partial charge in [-0.2, -0.15) is 5.26 Å². The number of hydrogen-bond acceptors (Lipinski definition) is 4. The van der Waals surface area contributed by atoms with Crippen LogP contribution in [0.3, 0.4) is 0 Å². The van der Waals surface area contributed by atoms with Crippen LogP contribution >= 0.6 is 0 Å². The van der Waals surface area contributed by atoms with Gasteiger partial charge in [-0.3, -0.25) is 4.79 Å². The average Bonchev–Trinajstić information content (AvgIpc) is 2.43. The van der Waals surface area contributed by atoms with Crippen LogP contribution in [0.1, 0.15) is 12.5 Å². The second-order valence-electron chi connectivity index (χ2n) is 4.31. The molecule has 0 saturated heterocycles. The second-order valence-corrected chi connectivity index (χ2v) is 4.31. The van der Waals surface area contributed by atoms with Crippen LogP contribution in [-0.4, -0.2) is 42.2 Å². The van der Waals surface area contributed by atoms with Gasteiger partial charge in [0.1, 0.15) is 11.8 Å². The van der Waals surface area contributed by atoms with Gasteiger partial charge in [-0.1, -0.05) is 12.1 Å². The fourth-order valence-corrected chi connectivity index (χ4v) is 1.53. The molecular weight excluding hydrogens is 244 g/mol. The fourth-order valence-electron chi connectivity index (χ4n) is 1.53. The first-order chi connectivity index (χ1) is 9.08. The molecular formula is C14H18N2O3. The zero-order valence-electron chi connectivity index (χ0n) is 11.2. The van der Waals surface area contributed by atoms with Crippen LogP contribution in [0.4, 0.5) is 0 Å². The largest absolute Gasteiger partial charge is 0.479 e. The third-order valence-electron chi connectivity index (χ3n) is 2.88. The van der Waals surface area contributed by atoms with E-state index in [-0.39, 0.29) is 31.6 Å². The lowest BCUT2D eigenvalue weighted by Gasteiger charge is -2.23. The summed E-state index contributed by atoms with van der Waals surface area (Å²) in [5.74, 6) is 0.503. The number of carbonyl (C=O) groups is 1. The third kappa shape index (κ3) is 4.60. The SMILES string of the molecule is CC(CO)N(C)C(=O)Cc1cccc(OCC#N)c1. The number of aliphatic hydroxyl groups is 1. The van der Waals surface area contributed by atoms with Gasteiger partial charge < -0.3 is 14.7 Å². The number of amides is 1. The number of nitriles is 1. The fraction of sp³-hybridized carbons (Fsp3) is 0.429. The molecule has 0 spiro atoms. The summed E-state index contributed by atoms with van der Waals surface area (Å²) >= 11 is 0. The summed E-state index contributed by atoms with van der Waals surface area (Å²) in [5.41, 5.74) is 0.817. The Balaban J connectivity index is 2.66. The highest BCUT2D eigenvalue weighted by atomic mass is 16.5. The summed E-state index contributed by atoms with van der Waals surface area (Å²) in [4.78, 5) is 13.5. The predicted octanol–water partition coefficient (Wildman–Crippen LogP) is 0.971. The molecule has 0 bridgehead atoms. The van der Waals surface area contributed by atoms with E-state index in [9.17, 15) is 4.79 Å². The minimum atomic E-state index is -0.203. The van der Waals surface area contributed by atoms with Crippen molar-refractivity contribution in [2.45, 2.75) is 19.4 Å². The Kier molecular flexibility index (Phi) is 5.83. The molecule has 0 aliphatic heterocycles. The smallest absolute Gasteiger partial charge is 0.227 e. The number of hydrogen-bond donors (Lipinski definition) is 1. The van der Waals surface area contributed by atoms with Crippen LogP contribution in [0.5, 0.6) is 5.75 Å². The maximum atomic E-state index is 12.0. The molecule has 19 heavy (non-hydrogen) atoms. The van der Waals surface area contributed by atoms with E-state index in [0.29, 0.717) is 5.75 Å². The Morgan fingerprint density at radius 2 is 2.32 bits per heavy atom.